The van der Waals surface area contributed by atoms with E-state index >= 15 is 0 Å². The van der Waals surface area contributed by atoms with E-state index in [1.807, 2.05) is 0 Å². The van der Waals surface area contributed by atoms with E-state index in [-0.39, 0.29) is 18.9 Å². The first-order valence-electron chi connectivity index (χ1n) is 6.70. The van der Waals surface area contributed by atoms with Gasteiger partial charge >= 0.3 is 0 Å². The van der Waals surface area contributed by atoms with Gasteiger partial charge in [-0.25, -0.2) is 4.39 Å². The molecule has 2 rings (SSSR count). The molecule has 0 saturated heterocycles. The van der Waals surface area contributed by atoms with E-state index in [1.165, 1.54) is 24.3 Å². The highest BCUT2D eigenvalue weighted by molar-refractivity contribution is 6.42. The molecule has 0 atom stereocenters. The van der Waals surface area contributed by atoms with Crippen LogP contribution in [0.15, 0.2) is 42.5 Å². The molecule has 2 aromatic carbocycles. The van der Waals surface area contributed by atoms with Crippen LogP contribution in [0, 0.1) is 5.82 Å². The van der Waals surface area contributed by atoms with Crippen molar-refractivity contribution < 1.29 is 14.0 Å². The second-order valence-corrected chi connectivity index (χ2v) is 5.57. The molecule has 0 aliphatic carbocycles. The van der Waals surface area contributed by atoms with Gasteiger partial charge in [-0.05, 0) is 35.9 Å². The summed E-state index contributed by atoms with van der Waals surface area (Å²) in [4.78, 5) is 23.5. The number of nitrogens with one attached hydrogen (secondary N) is 2. The van der Waals surface area contributed by atoms with Crippen molar-refractivity contribution in [2.45, 2.75) is 6.42 Å². The number of carbonyl (C=O) groups is 2. The quantitative estimate of drug-likeness (QED) is 0.863. The standard InChI is InChI=1S/C16H13Cl2FN2O2/c17-13-5-4-12(8-14(13)18)21-16(23)9-20-15(22)7-10-2-1-3-11(19)6-10/h1-6,8H,7,9H2,(H,20,22)(H,21,23). The molecule has 7 heteroatoms. The Morgan fingerprint density at radius 3 is 2.48 bits per heavy atom. The van der Waals surface area contributed by atoms with Crippen molar-refractivity contribution in [3.05, 3.63) is 63.9 Å². The van der Waals surface area contributed by atoms with Crippen molar-refractivity contribution in [3.63, 3.8) is 0 Å². The Morgan fingerprint density at radius 2 is 1.78 bits per heavy atom. The van der Waals surface area contributed by atoms with E-state index in [0.29, 0.717) is 21.3 Å². The zero-order valence-corrected chi connectivity index (χ0v) is 13.4. The average molecular weight is 355 g/mol. The van der Waals surface area contributed by atoms with Gasteiger partial charge in [0, 0.05) is 5.69 Å². The minimum Gasteiger partial charge on any atom is -0.347 e. The van der Waals surface area contributed by atoms with E-state index < -0.39 is 11.7 Å². The minimum absolute atomic E-state index is 0.00217. The lowest BCUT2D eigenvalue weighted by molar-refractivity contribution is -0.123. The van der Waals surface area contributed by atoms with Gasteiger partial charge in [0.2, 0.25) is 11.8 Å². The van der Waals surface area contributed by atoms with Gasteiger partial charge in [0.25, 0.3) is 0 Å². The molecule has 0 heterocycles. The maximum Gasteiger partial charge on any atom is 0.243 e. The molecule has 2 N–H and O–H groups in total. The molecule has 0 aliphatic heterocycles. The van der Waals surface area contributed by atoms with Gasteiger partial charge in [0.05, 0.1) is 23.0 Å². The van der Waals surface area contributed by atoms with E-state index in [9.17, 15) is 14.0 Å². The first-order valence-corrected chi connectivity index (χ1v) is 7.45. The van der Waals surface area contributed by atoms with Gasteiger partial charge < -0.3 is 10.6 Å². The van der Waals surface area contributed by atoms with Crippen molar-refractivity contribution in [1.82, 2.24) is 5.32 Å². The van der Waals surface area contributed by atoms with Crippen molar-refractivity contribution in [3.8, 4) is 0 Å². The Bertz CT molecular complexity index is 738. The van der Waals surface area contributed by atoms with Gasteiger partial charge in [-0.15, -0.1) is 0 Å². The zero-order valence-electron chi connectivity index (χ0n) is 11.9. The summed E-state index contributed by atoms with van der Waals surface area (Å²) in [5.74, 6) is -1.19. The number of anilines is 1. The fourth-order valence-electron chi connectivity index (χ4n) is 1.85. The fourth-order valence-corrected chi connectivity index (χ4v) is 2.15. The Hall–Kier alpha value is -2.11. The number of amides is 2. The molecule has 0 saturated carbocycles. The summed E-state index contributed by atoms with van der Waals surface area (Å²) in [5.41, 5.74) is 1.01. The molecule has 0 spiro atoms. The van der Waals surface area contributed by atoms with Crippen LogP contribution in [0.4, 0.5) is 10.1 Å². The van der Waals surface area contributed by atoms with Gasteiger partial charge in [0.15, 0.2) is 0 Å². The summed E-state index contributed by atoms with van der Waals surface area (Å²) in [7, 11) is 0. The number of carbonyl (C=O) groups excluding carboxylic acids is 2. The average Bonchev–Trinajstić information content (AvgIpc) is 2.49. The smallest absolute Gasteiger partial charge is 0.243 e. The highest BCUT2D eigenvalue weighted by Gasteiger charge is 2.08. The van der Waals surface area contributed by atoms with Crippen LogP contribution in [0.25, 0.3) is 0 Å². The highest BCUT2D eigenvalue weighted by Crippen LogP contribution is 2.24. The Labute approximate surface area is 142 Å². The number of benzene rings is 2. The molecule has 4 nitrogen and oxygen atoms in total. The fraction of sp³-hybridized carbons (Fsp3) is 0.125. The Kier molecular flexibility index (Phi) is 5.96. The second-order valence-electron chi connectivity index (χ2n) is 4.76. The Morgan fingerprint density at radius 1 is 1.00 bits per heavy atom. The molecule has 0 aromatic heterocycles. The molecule has 0 bridgehead atoms. The maximum atomic E-state index is 13.0. The monoisotopic (exact) mass is 354 g/mol. The van der Waals surface area contributed by atoms with Gasteiger partial charge in [-0.1, -0.05) is 35.3 Å². The van der Waals surface area contributed by atoms with Gasteiger partial charge in [-0.2, -0.15) is 0 Å². The molecule has 2 aromatic rings. The second kappa shape index (κ2) is 7.94. The molecule has 2 amide bonds. The molecule has 0 radical (unpaired) electrons. The predicted molar refractivity (Wildman–Crippen MR) is 88.2 cm³/mol. The minimum atomic E-state index is -0.410. The summed E-state index contributed by atoms with van der Waals surface area (Å²) in [6.45, 7) is -0.200. The van der Waals surface area contributed by atoms with Crippen LogP contribution in [0.1, 0.15) is 5.56 Å². The van der Waals surface area contributed by atoms with E-state index in [1.54, 1.807) is 18.2 Å². The first kappa shape index (κ1) is 17.2. The first-order chi connectivity index (χ1) is 10.9. The zero-order chi connectivity index (χ0) is 16.8. The van der Waals surface area contributed by atoms with Crippen molar-refractivity contribution >= 4 is 40.7 Å². The highest BCUT2D eigenvalue weighted by atomic mass is 35.5. The van der Waals surface area contributed by atoms with Crippen LogP contribution in [-0.2, 0) is 16.0 Å². The van der Waals surface area contributed by atoms with Crippen LogP contribution in [-0.4, -0.2) is 18.4 Å². The topological polar surface area (TPSA) is 58.2 Å². The van der Waals surface area contributed by atoms with Crippen LogP contribution >= 0.6 is 23.2 Å². The summed E-state index contributed by atoms with van der Waals surface area (Å²) < 4.78 is 13.0. The molecule has 0 unspecified atom stereocenters. The molecule has 0 fully saturated rings. The molecular weight excluding hydrogens is 342 g/mol. The maximum absolute atomic E-state index is 13.0. The number of hydrogen-bond donors (Lipinski definition) is 2. The van der Waals surface area contributed by atoms with Crippen molar-refractivity contribution in [1.29, 1.82) is 0 Å². The molecular formula is C16H13Cl2FN2O2. The van der Waals surface area contributed by atoms with Crippen LogP contribution in [0.5, 0.6) is 0 Å². The van der Waals surface area contributed by atoms with Crippen molar-refractivity contribution in [2.24, 2.45) is 0 Å². The van der Waals surface area contributed by atoms with Crippen LogP contribution in [0.2, 0.25) is 10.0 Å². The summed E-state index contributed by atoms with van der Waals surface area (Å²) in [5, 5.41) is 5.75. The van der Waals surface area contributed by atoms with E-state index in [4.69, 9.17) is 23.2 Å². The van der Waals surface area contributed by atoms with Crippen LogP contribution < -0.4 is 10.6 Å². The molecule has 23 heavy (non-hydrogen) atoms. The van der Waals surface area contributed by atoms with Gasteiger partial charge in [0.1, 0.15) is 5.82 Å². The largest absolute Gasteiger partial charge is 0.347 e. The SMILES string of the molecule is O=C(Cc1cccc(F)c1)NCC(=O)Nc1ccc(Cl)c(Cl)c1. The van der Waals surface area contributed by atoms with E-state index in [2.05, 4.69) is 10.6 Å². The van der Waals surface area contributed by atoms with Crippen LogP contribution in [0.3, 0.4) is 0 Å². The molecule has 120 valence electrons. The molecule has 0 aliphatic rings. The third-order valence-corrected chi connectivity index (χ3v) is 3.64. The Balaban J connectivity index is 1.81. The van der Waals surface area contributed by atoms with Gasteiger partial charge in [-0.3, -0.25) is 9.59 Å². The number of halogens is 3. The summed E-state index contributed by atoms with van der Waals surface area (Å²) in [6.07, 6.45) is -0.00217. The lowest BCUT2D eigenvalue weighted by Gasteiger charge is -2.08. The summed E-state index contributed by atoms with van der Waals surface area (Å²) in [6, 6.07) is 10.4. The number of hydrogen-bond acceptors (Lipinski definition) is 2. The number of rotatable bonds is 5. The lowest BCUT2D eigenvalue weighted by Crippen LogP contribution is -2.33. The third kappa shape index (κ3) is 5.54. The lowest BCUT2D eigenvalue weighted by atomic mass is 10.1. The van der Waals surface area contributed by atoms with E-state index in [0.717, 1.165) is 0 Å². The predicted octanol–water partition coefficient (Wildman–Crippen LogP) is 3.43. The third-order valence-electron chi connectivity index (χ3n) is 2.90. The normalized spacial score (nSPS) is 10.2. The van der Waals surface area contributed by atoms with Crippen molar-refractivity contribution in [2.75, 3.05) is 11.9 Å². The summed E-state index contributed by atoms with van der Waals surface area (Å²) >= 11 is 11.6.